The Kier molecular flexibility index (Phi) is 2.32. The predicted octanol–water partition coefficient (Wildman–Crippen LogP) is 2.77. The maximum atomic E-state index is 6.31. The van der Waals surface area contributed by atoms with Gasteiger partial charge in [0.25, 0.3) is 5.17 Å². The van der Waals surface area contributed by atoms with Crippen molar-refractivity contribution in [3.8, 4) is 0 Å². The van der Waals surface area contributed by atoms with E-state index >= 15 is 0 Å². The lowest BCUT2D eigenvalue weighted by Crippen LogP contribution is -2.46. The standard InChI is InChI=1S/C16H20N2O2S/c1-10-6-12(19-14(21)18-5-4-17-9-18)16-13(20-16)7-11-2-3-15(10,16)8-11/h4-5,9-13H,2-3,6-8H2,1H3/t10-,11-,12?,13?,15-,16?/m0/s1. The number of aromatic nitrogens is 2. The Morgan fingerprint density at radius 1 is 1.48 bits per heavy atom. The second kappa shape index (κ2) is 3.87. The first-order valence-corrected chi connectivity index (χ1v) is 8.43. The van der Waals surface area contributed by atoms with Crippen LogP contribution in [0.2, 0.25) is 0 Å². The first kappa shape index (κ1) is 12.6. The van der Waals surface area contributed by atoms with Crippen LogP contribution < -0.4 is 0 Å². The summed E-state index contributed by atoms with van der Waals surface area (Å²) in [6.45, 7) is 2.39. The summed E-state index contributed by atoms with van der Waals surface area (Å²) in [6.07, 6.45) is 12.1. The molecule has 3 unspecified atom stereocenters. The second-order valence-electron chi connectivity index (χ2n) is 7.38. The van der Waals surface area contributed by atoms with Gasteiger partial charge >= 0.3 is 0 Å². The zero-order valence-electron chi connectivity index (χ0n) is 12.2. The van der Waals surface area contributed by atoms with E-state index in [0.717, 1.165) is 12.3 Å². The van der Waals surface area contributed by atoms with Crippen LogP contribution in [0.4, 0.5) is 0 Å². The minimum Gasteiger partial charge on any atom is -0.464 e. The molecule has 2 spiro atoms. The van der Waals surface area contributed by atoms with Crippen molar-refractivity contribution in [3.05, 3.63) is 18.7 Å². The first-order valence-electron chi connectivity index (χ1n) is 8.02. The fourth-order valence-electron chi connectivity index (χ4n) is 5.75. The molecule has 6 atom stereocenters. The molecule has 3 saturated carbocycles. The molecule has 3 aliphatic carbocycles. The number of ether oxygens (including phenoxy) is 2. The molecule has 0 aromatic carbocycles. The van der Waals surface area contributed by atoms with Crippen LogP contribution in [0.1, 0.15) is 39.0 Å². The van der Waals surface area contributed by atoms with E-state index in [1.54, 1.807) is 17.1 Å². The summed E-state index contributed by atoms with van der Waals surface area (Å²) in [6, 6.07) is 0. The van der Waals surface area contributed by atoms with Crippen LogP contribution in [0, 0.1) is 17.3 Å². The number of imidazole rings is 1. The van der Waals surface area contributed by atoms with Gasteiger partial charge in [0.15, 0.2) is 0 Å². The summed E-state index contributed by atoms with van der Waals surface area (Å²) >= 11 is 5.44. The quantitative estimate of drug-likeness (QED) is 0.591. The fourth-order valence-corrected chi connectivity index (χ4v) is 5.97. The lowest BCUT2D eigenvalue weighted by atomic mass is 9.65. The molecular weight excluding hydrogens is 284 g/mol. The van der Waals surface area contributed by atoms with E-state index in [2.05, 4.69) is 11.9 Å². The third kappa shape index (κ3) is 1.39. The number of nitrogens with zero attached hydrogens (tertiary/aromatic N) is 2. The minimum absolute atomic E-state index is 0.0376. The summed E-state index contributed by atoms with van der Waals surface area (Å²) in [7, 11) is 0. The van der Waals surface area contributed by atoms with Crippen LogP contribution in [0.5, 0.6) is 0 Å². The number of thiocarbonyl (C=S) groups is 1. The van der Waals surface area contributed by atoms with E-state index in [-0.39, 0.29) is 11.7 Å². The van der Waals surface area contributed by atoms with Crippen molar-refractivity contribution >= 4 is 17.4 Å². The minimum atomic E-state index is -0.0376. The number of hydrogen-bond acceptors (Lipinski definition) is 4. The zero-order valence-corrected chi connectivity index (χ0v) is 13.0. The van der Waals surface area contributed by atoms with Gasteiger partial charge in [-0.15, -0.1) is 0 Å². The van der Waals surface area contributed by atoms with E-state index in [1.807, 2.05) is 6.20 Å². The Hall–Kier alpha value is -0.940. The van der Waals surface area contributed by atoms with E-state index in [4.69, 9.17) is 21.7 Å². The highest BCUT2D eigenvalue weighted by molar-refractivity contribution is 7.80. The van der Waals surface area contributed by atoms with Crippen LogP contribution in [0.3, 0.4) is 0 Å². The topological polar surface area (TPSA) is 39.6 Å². The molecule has 2 heterocycles. The average molecular weight is 304 g/mol. The number of hydrogen-bond donors (Lipinski definition) is 0. The Balaban J connectivity index is 1.46. The molecule has 0 radical (unpaired) electrons. The number of epoxide rings is 1. The summed E-state index contributed by atoms with van der Waals surface area (Å²) < 4.78 is 14.3. The average Bonchev–Trinajstić information content (AvgIpc) is 2.80. The molecule has 4 fully saturated rings. The van der Waals surface area contributed by atoms with Crippen LogP contribution in [0.15, 0.2) is 18.7 Å². The van der Waals surface area contributed by atoms with Gasteiger partial charge in [-0.2, -0.15) is 0 Å². The summed E-state index contributed by atoms with van der Waals surface area (Å²) in [5.41, 5.74) is 0.319. The molecule has 0 amide bonds. The Morgan fingerprint density at radius 2 is 2.38 bits per heavy atom. The third-order valence-corrected chi connectivity index (χ3v) is 6.99. The zero-order chi connectivity index (χ0) is 14.2. The van der Waals surface area contributed by atoms with Crippen molar-refractivity contribution in [3.63, 3.8) is 0 Å². The van der Waals surface area contributed by atoms with E-state index in [1.165, 1.54) is 25.7 Å². The Labute approximate surface area is 129 Å². The van der Waals surface area contributed by atoms with Gasteiger partial charge < -0.3 is 9.47 Å². The highest BCUT2D eigenvalue weighted by Gasteiger charge is 2.81. The van der Waals surface area contributed by atoms with Gasteiger partial charge in [0, 0.05) is 17.8 Å². The molecule has 5 rings (SSSR count). The number of rotatable bonds is 1. The van der Waals surface area contributed by atoms with Crippen molar-refractivity contribution in [2.45, 2.75) is 56.8 Å². The van der Waals surface area contributed by atoms with Gasteiger partial charge in [0.05, 0.1) is 6.10 Å². The van der Waals surface area contributed by atoms with E-state index in [0.29, 0.717) is 22.6 Å². The van der Waals surface area contributed by atoms with E-state index in [9.17, 15) is 0 Å². The molecule has 0 N–H and O–H groups in total. The van der Waals surface area contributed by atoms with Gasteiger partial charge in [0.2, 0.25) is 0 Å². The highest BCUT2D eigenvalue weighted by atomic mass is 32.1. The van der Waals surface area contributed by atoms with Crippen LogP contribution in [-0.4, -0.2) is 32.5 Å². The van der Waals surface area contributed by atoms with Crippen LogP contribution >= 0.6 is 12.2 Å². The van der Waals surface area contributed by atoms with Gasteiger partial charge in [-0.1, -0.05) is 6.92 Å². The smallest absolute Gasteiger partial charge is 0.269 e. The largest absolute Gasteiger partial charge is 0.464 e. The van der Waals surface area contributed by atoms with Gasteiger partial charge in [-0.25, -0.2) is 4.98 Å². The molecule has 112 valence electrons. The summed E-state index contributed by atoms with van der Waals surface area (Å²) in [4.78, 5) is 4.04. The molecule has 21 heavy (non-hydrogen) atoms. The van der Waals surface area contributed by atoms with Crippen molar-refractivity contribution in [1.29, 1.82) is 0 Å². The second-order valence-corrected chi connectivity index (χ2v) is 7.73. The predicted molar refractivity (Wildman–Crippen MR) is 80.9 cm³/mol. The van der Waals surface area contributed by atoms with E-state index < -0.39 is 0 Å². The third-order valence-electron chi connectivity index (χ3n) is 6.68. The highest BCUT2D eigenvalue weighted by Crippen LogP contribution is 2.75. The fraction of sp³-hybridized carbons (Fsp3) is 0.750. The lowest BCUT2D eigenvalue weighted by Gasteiger charge is -2.37. The monoisotopic (exact) mass is 304 g/mol. The Bertz CT molecular complexity index is 603. The molecule has 1 saturated heterocycles. The molecule has 5 heteroatoms. The molecular formula is C16H20N2O2S. The summed E-state index contributed by atoms with van der Waals surface area (Å²) in [5.74, 6) is 1.55. The molecule has 1 aromatic rings. The first-order chi connectivity index (χ1) is 10.2. The molecule has 2 bridgehead atoms. The molecule has 1 aliphatic heterocycles. The van der Waals surface area contributed by atoms with Gasteiger partial charge in [0.1, 0.15) is 18.0 Å². The van der Waals surface area contributed by atoms with Gasteiger partial charge in [-0.05, 0) is 56.2 Å². The van der Waals surface area contributed by atoms with Crippen molar-refractivity contribution in [1.82, 2.24) is 9.55 Å². The number of fused-ring (bicyclic) bond motifs is 1. The summed E-state index contributed by atoms with van der Waals surface area (Å²) in [5, 5.41) is 0.505. The Morgan fingerprint density at radius 3 is 3.19 bits per heavy atom. The maximum absolute atomic E-state index is 6.31. The van der Waals surface area contributed by atoms with Crippen molar-refractivity contribution in [2.75, 3.05) is 0 Å². The van der Waals surface area contributed by atoms with Crippen molar-refractivity contribution < 1.29 is 9.47 Å². The van der Waals surface area contributed by atoms with Crippen molar-refractivity contribution in [2.24, 2.45) is 17.3 Å². The van der Waals surface area contributed by atoms with Crippen LogP contribution in [0.25, 0.3) is 0 Å². The van der Waals surface area contributed by atoms with Crippen LogP contribution in [-0.2, 0) is 9.47 Å². The molecule has 1 aromatic heterocycles. The SMILES string of the molecule is C[C@H]1CC(OC(=S)n2ccnc2)C23OC2C[C@@H]2CC[C@]13C2. The van der Waals surface area contributed by atoms with Gasteiger partial charge in [-0.3, -0.25) is 4.57 Å². The molecule has 4 aliphatic rings. The lowest BCUT2D eigenvalue weighted by molar-refractivity contribution is 0.0350. The maximum Gasteiger partial charge on any atom is 0.269 e. The normalized spacial score (nSPS) is 49.6. The molecule has 4 nitrogen and oxygen atoms in total.